The molecule has 61 valence electrons. The Morgan fingerprint density at radius 3 is 2.58 bits per heavy atom. The van der Waals surface area contributed by atoms with Crippen LogP contribution >= 0.6 is 15.9 Å². The monoisotopic (exact) mass is 223 g/mol. The average molecular weight is 224 g/mol. The van der Waals surface area contributed by atoms with Gasteiger partial charge in [-0.2, -0.15) is 0 Å². The molecule has 0 amide bonds. The number of benzene rings is 1. The minimum Gasteiger partial charge on any atom is -0.291 e. The lowest BCUT2D eigenvalue weighted by atomic mass is 10.2. The standard InChI is InChI=1S/C10H8BrO/c11-10-6-4-9(5-7-10)3-1-2-8-12/h1,3-7H,2H2. The largest absolute Gasteiger partial charge is 0.291 e. The van der Waals surface area contributed by atoms with Crippen LogP contribution in [0.15, 0.2) is 34.8 Å². The van der Waals surface area contributed by atoms with Crippen molar-refractivity contribution in [2.75, 3.05) is 0 Å². The van der Waals surface area contributed by atoms with Crippen molar-refractivity contribution in [2.45, 2.75) is 6.42 Å². The van der Waals surface area contributed by atoms with Gasteiger partial charge in [0.1, 0.15) is 0 Å². The third-order valence-corrected chi connectivity index (χ3v) is 1.91. The van der Waals surface area contributed by atoms with E-state index in [9.17, 15) is 4.79 Å². The number of rotatable bonds is 3. The Kier molecular flexibility index (Phi) is 3.74. The Balaban J connectivity index is 2.64. The number of allylic oxidation sites excluding steroid dienone is 1. The van der Waals surface area contributed by atoms with Gasteiger partial charge in [0.05, 0.1) is 0 Å². The van der Waals surface area contributed by atoms with Gasteiger partial charge in [0.2, 0.25) is 6.29 Å². The molecule has 1 nitrogen and oxygen atoms in total. The molecular formula is C10H8BrO. The molecule has 0 aliphatic heterocycles. The van der Waals surface area contributed by atoms with E-state index in [0.717, 1.165) is 10.0 Å². The maximum atomic E-state index is 9.87. The lowest BCUT2D eigenvalue weighted by Crippen LogP contribution is -1.71. The van der Waals surface area contributed by atoms with Crippen molar-refractivity contribution in [3.63, 3.8) is 0 Å². The first-order valence-electron chi connectivity index (χ1n) is 3.60. The molecule has 0 aromatic heterocycles. The molecule has 1 radical (unpaired) electrons. The fourth-order valence-electron chi connectivity index (χ4n) is 0.817. The summed E-state index contributed by atoms with van der Waals surface area (Å²) in [6.45, 7) is 0. The second-order valence-electron chi connectivity index (χ2n) is 2.30. The molecule has 1 aromatic rings. The van der Waals surface area contributed by atoms with Crippen molar-refractivity contribution in [3.8, 4) is 0 Å². The zero-order valence-corrected chi connectivity index (χ0v) is 8.04. The van der Waals surface area contributed by atoms with Gasteiger partial charge in [-0.15, -0.1) is 0 Å². The smallest absolute Gasteiger partial charge is 0.202 e. The summed E-state index contributed by atoms with van der Waals surface area (Å²) in [6.07, 6.45) is 5.85. The minimum absolute atomic E-state index is 0.357. The topological polar surface area (TPSA) is 17.1 Å². The number of carbonyl (C=O) groups excluding carboxylic acids is 1. The molecule has 0 unspecified atom stereocenters. The van der Waals surface area contributed by atoms with E-state index in [-0.39, 0.29) is 0 Å². The SMILES string of the molecule is O=[C]CC=Cc1ccc(Br)cc1. The highest BCUT2D eigenvalue weighted by molar-refractivity contribution is 9.10. The van der Waals surface area contributed by atoms with Crippen molar-refractivity contribution in [3.05, 3.63) is 40.4 Å². The molecule has 0 aliphatic rings. The van der Waals surface area contributed by atoms with Crippen LogP contribution in [0.5, 0.6) is 0 Å². The van der Waals surface area contributed by atoms with Crippen LogP contribution in [0.25, 0.3) is 6.08 Å². The van der Waals surface area contributed by atoms with Gasteiger partial charge in [-0.25, -0.2) is 0 Å². The van der Waals surface area contributed by atoms with E-state index in [1.54, 1.807) is 12.4 Å². The summed E-state index contributed by atoms with van der Waals surface area (Å²) in [5.74, 6) is 0. The zero-order chi connectivity index (χ0) is 8.81. The van der Waals surface area contributed by atoms with Gasteiger partial charge >= 0.3 is 0 Å². The highest BCUT2D eigenvalue weighted by atomic mass is 79.9. The maximum Gasteiger partial charge on any atom is 0.202 e. The van der Waals surface area contributed by atoms with Crippen molar-refractivity contribution < 1.29 is 4.79 Å². The van der Waals surface area contributed by atoms with E-state index in [1.165, 1.54) is 0 Å². The van der Waals surface area contributed by atoms with Crippen LogP contribution < -0.4 is 0 Å². The summed E-state index contributed by atoms with van der Waals surface area (Å²) >= 11 is 3.34. The fraction of sp³-hybridized carbons (Fsp3) is 0.100. The van der Waals surface area contributed by atoms with E-state index in [1.807, 2.05) is 30.3 Å². The molecule has 12 heavy (non-hydrogen) atoms. The molecule has 0 aliphatic carbocycles. The van der Waals surface area contributed by atoms with Crippen LogP contribution in [0, 0.1) is 0 Å². The molecular weight excluding hydrogens is 216 g/mol. The van der Waals surface area contributed by atoms with E-state index >= 15 is 0 Å². The summed E-state index contributed by atoms with van der Waals surface area (Å²) in [5.41, 5.74) is 1.09. The predicted octanol–water partition coefficient (Wildman–Crippen LogP) is 2.96. The highest BCUT2D eigenvalue weighted by Gasteiger charge is 1.86. The van der Waals surface area contributed by atoms with Gasteiger partial charge in [-0.1, -0.05) is 40.2 Å². The van der Waals surface area contributed by atoms with Crippen LogP contribution in [-0.4, -0.2) is 6.29 Å². The lowest BCUT2D eigenvalue weighted by Gasteiger charge is -1.91. The van der Waals surface area contributed by atoms with E-state index in [2.05, 4.69) is 15.9 Å². The number of halogens is 1. The normalized spacial score (nSPS) is 10.4. The summed E-state index contributed by atoms with van der Waals surface area (Å²) in [6, 6.07) is 7.88. The second kappa shape index (κ2) is 4.88. The maximum absolute atomic E-state index is 9.87. The first kappa shape index (κ1) is 9.20. The van der Waals surface area contributed by atoms with Crippen molar-refractivity contribution >= 4 is 28.3 Å². The quantitative estimate of drug-likeness (QED) is 0.771. The minimum atomic E-state index is 0.357. The van der Waals surface area contributed by atoms with E-state index in [4.69, 9.17) is 0 Å². The Bertz CT molecular complexity index is 274. The molecule has 2 heteroatoms. The van der Waals surface area contributed by atoms with Gasteiger partial charge in [0, 0.05) is 10.9 Å². The van der Waals surface area contributed by atoms with Crippen LogP contribution in [0.2, 0.25) is 0 Å². The number of hydrogen-bond donors (Lipinski definition) is 0. The molecule has 0 saturated heterocycles. The molecule has 1 rings (SSSR count). The Labute approximate surface area is 80.2 Å². The van der Waals surface area contributed by atoms with Crippen LogP contribution in [0.1, 0.15) is 12.0 Å². The fourth-order valence-corrected chi connectivity index (χ4v) is 1.08. The summed E-state index contributed by atoms with van der Waals surface area (Å²) in [5, 5.41) is 0. The zero-order valence-electron chi connectivity index (χ0n) is 6.46. The highest BCUT2D eigenvalue weighted by Crippen LogP contribution is 2.11. The second-order valence-corrected chi connectivity index (χ2v) is 3.22. The Hall–Kier alpha value is -0.890. The average Bonchev–Trinajstić information content (AvgIpc) is 2.09. The van der Waals surface area contributed by atoms with Gasteiger partial charge in [0.25, 0.3) is 0 Å². The lowest BCUT2D eigenvalue weighted by molar-refractivity contribution is 0.556. The summed E-state index contributed by atoms with van der Waals surface area (Å²) in [4.78, 5) is 9.87. The predicted molar refractivity (Wildman–Crippen MR) is 53.5 cm³/mol. The van der Waals surface area contributed by atoms with Gasteiger partial charge < -0.3 is 0 Å². The molecule has 1 aromatic carbocycles. The molecule has 0 spiro atoms. The third kappa shape index (κ3) is 3.01. The first-order valence-corrected chi connectivity index (χ1v) is 4.39. The molecule has 0 bridgehead atoms. The van der Waals surface area contributed by atoms with Gasteiger partial charge in [-0.05, 0) is 17.7 Å². The Morgan fingerprint density at radius 2 is 2.00 bits per heavy atom. The number of hydrogen-bond acceptors (Lipinski definition) is 1. The molecule has 0 N–H and O–H groups in total. The van der Waals surface area contributed by atoms with Gasteiger partial charge in [-0.3, -0.25) is 4.79 Å². The van der Waals surface area contributed by atoms with Crippen molar-refractivity contribution in [1.82, 2.24) is 0 Å². The van der Waals surface area contributed by atoms with E-state index < -0.39 is 0 Å². The molecule has 0 fully saturated rings. The molecule has 0 saturated carbocycles. The Morgan fingerprint density at radius 1 is 1.33 bits per heavy atom. The third-order valence-electron chi connectivity index (χ3n) is 1.38. The molecule has 0 heterocycles. The van der Waals surface area contributed by atoms with Crippen molar-refractivity contribution in [1.29, 1.82) is 0 Å². The van der Waals surface area contributed by atoms with E-state index in [0.29, 0.717) is 6.42 Å². The van der Waals surface area contributed by atoms with Crippen LogP contribution in [0.3, 0.4) is 0 Å². The van der Waals surface area contributed by atoms with Crippen LogP contribution in [-0.2, 0) is 4.79 Å². The summed E-state index contributed by atoms with van der Waals surface area (Å²) < 4.78 is 1.06. The first-order chi connectivity index (χ1) is 5.83. The van der Waals surface area contributed by atoms with Crippen molar-refractivity contribution in [2.24, 2.45) is 0 Å². The van der Waals surface area contributed by atoms with Crippen LogP contribution in [0.4, 0.5) is 0 Å². The van der Waals surface area contributed by atoms with Gasteiger partial charge in [0.15, 0.2) is 0 Å². The molecule has 0 atom stereocenters. The summed E-state index contributed by atoms with van der Waals surface area (Å²) in [7, 11) is 0.